The second kappa shape index (κ2) is 9.07. The summed E-state index contributed by atoms with van der Waals surface area (Å²) < 4.78 is 0. The lowest BCUT2D eigenvalue weighted by Crippen LogP contribution is -2.28. The number of fused-ring (bicyclic) bond motifs is 2. The second-order valence-electron chi connectivity index (χ2n) is 9.36. The Morgan fingerprint density at radius 1 is 0.839 bits per heavy atom. The maximum Gasteiger partial charge on any atom is 0.233 e. The molecule has 3 fully saturated rings. The molecule has 3 unspecified atom stereocenters. The Bertz CT molecular complexity index is 917. The third-order valence-corrected chi connectivity index (χ3v) is 7.38. The van der Waals surface area contributed by atoms with E-state index in [0.717, 1.165) is 30.4 Å². The minimum atomic E-state index is 0.0530. The number of benzene rings is 1. The third kappa shape index (κ3) is 4.97. The van der Waals surface area contributed by atoms with Crippen LogP contribution in [-0.4, -0.2) is 32.1 Å². The van der Waals surface area contributed by atoms with Crippen molar-refractivity contribution in [1.82, 2.24) is 15.0 Å². The first kappa shape index (κ1) is 20.6. The zero-order valence-electron chi connectivity index (χ0n) is 17.8. The molecule has 7 nitrogen and oxygen atoms in total. The molecule has 166 valence electrons. The van der Waals surface area contributed by atoms with E-state index in [4.69, 9.17) is 16.6 Å². The lowest BCUT2D eigenvalue weighted by Gasteiger charge is -2.23. The van der Waals surface area contributed by atoms with Crippen LogP contribution in [0.4, 0.5) is 23.5 Å². The summed E-state index contributed by atoms with van der Waals surface area (Å²) in [6.45, 7) is 0. The van der Waals surface area contributed by atoms with Crippen molar-refractivity contribution in [3.05, 3.63) is 23.2 Å². The van der Waals surface area contributed by atoms with Crippen molar-refractivity contribution in [2.45, 2.75) is 76.3 Å². The largest absolute Gasteiger partial charge is 0.506 e. The highest BCUT2D eigenvalue weighted by Crippen LogP contribution is 2.45. The Balaban J connectivity index is 1.37. The summed E-state index contributed by atoms with van der Waals surface area (Å²) >= 11 is 6.07. The molecule has 1 heterocycles. The number of aromatic hydroxyl groups is 1. The van der Waals surface area contributed by atoms with Crippen molar-refractivity contribution < 1.29 is 5.11 Å². The topological polar surface area (TPSA) is 95.0 Å². The fraction of sp³-hybridized carbons (Fsp3) is 0.609. The molecule has 3 saturated carbocycles. The average Bonchev–Trinajstić information content (AvgIpc) is 3.27. The van der Waals surface area contributed by atoms with Gasteiger partial charge in [0.1, 0.15) is 5.75 Å². The monoisotopic (exact) mass is 442 g/mol. The van der Waals surface area contributed by atoms with Crippen molar-refractivity contribution >= 4 is 35.1 Å². The molecule has 1 aromatic heterocycles. The van der Waals surface area contributed by atoms with Gasteiger partial charge in [0.15, 0.2) is 0 Å². The zero-order chi connectivity index (χ0) is 21.2. The van der Waals surface area contributed by atoms with Crippen LogP contribution >= 0.6 is 11.6 Å². The van der Waals surface area contributed by atoms with Gasteiger partial charge < -0.3 is 21.1 Å². The maximum atomic E-state index is 9.69. The fourth-order valence-electron chi connectivity index (χ4n) is 5.47. The predicted molar refractivity (Wildman–Crippen MR) is 124 cm³/mol. The molecule has 0 aliphatic heterocycles. The van der Waals surface area contributed by atoms with Gasteiger partial charge >= 0.3 is 0 Å². The minimum absolute atomic E-state index is 0.0530. The lowest BCUT2D eigenvalue weighted by molar-refractivity contribution is 0.438. The van der Waals surface area contributed by atoms with Crippen molar-refractivity contribution in [2.24, 2.45) is 11.8 Å². The van der Waals surface area contributed by atoms with Gasteiger partial charge in [0, 0.05) is 17.8 Å². The number of aromatic nitrogens is 3. The van der Waals surface area contributed by atoms with Gasteiger partial charge in [-0.25, -0.2) is 0 Å². The summed E-state index contributed by atoms with van der Waals surface area (Å²) in [6, 6.07) is 5.83. The van der Waals surface area contributed by atoms with Crippen LogP contribution < -0.4 is 16.0 Å². The molecule has 3 aliphatic carbocycles. The van der Waals surface area contributed by atoms with Gasteiger partial charge in [-0.15, -0.1) is 0 Å². The van der Waals surface area contributed by atoms with Crippen LogP contribution in [0, 0.1) is 11.8 Å². The van der Waals surface area contributed by atoms with Crippen LogP contribution in [0.2, 0.25) is 5.02 Å². The van der Waals surface area contributed by atoms with E-state index in [0.29, 0.717) is 29.9 Å². The number of anilines is 4. The summed E-state index contributed by atoms with van der Waals surface area (Å²) in [6.07, 6.45) is 12.6. The first-order chi connectivity index (χ1) is 15.1. The summed E-state index contributed by atoms with van der Waals surface area (Å²) in [5.41, 5.74) is 0.722. The van der Waals surface area contributed by atoms with E-state index < -0.39 is 0 Å². The normalized spacial score (nSPS) is 25.9. The van der Waals surface area contributed by atoms with Gasteiger partial charge in [-0.1, -0.05) is 43.7 Å². The van der Waals surface area contributed by atoms with Gasteiger partial charge in [0.2, 0.25) is 17.8 Å². The van der Waals surface area contributed by atoms with E-state index in [1.165, 1.54) is 51.4 Å². The van der Waals surface area contributed by atoms with Crippen LogP contribution in [0.5, 0.6) is 5.75 Å². The Morgan fingerprint density at radius 3 is 2.26 bits per heavy atom. The Labute approximate surface area is 188 Å². The van der Waals surface area contributed by atoms with Gasteiger partial charge in [0.25, 0.3) is 0 Å². The Morgan fingerprint density at radius 2 is 1.58 bits per heavy atom. The predicted octanol–water partition coefficient (Wildman–Crippen LogP) is 5.71. The molecule has 5 rings (SSSR count). The number of rotatable bonds is 6. The second-order valence-corrected chi connectivity index (χ2v) is 9.76. The average molecular weight is 443 g/mol. The molecule has 31 heavy (non-hydrogen) atoms. The smallest absolute Gasteiger partial charge is 0.233 e. The maximum absolute atomic E-state index is 9.69. The number of nitrogens with one attached hydrogen (secondary N) is 3. The molecule has 0 amide bonds. The van der Waals surface area contributed by atoms with Crippen LogP contribution in [0.15, 0.2) is 18.2 Å². The van der Waals surface area contributed by atoms with Gasteiger partial charge in [-0.2, -0.15) is 15.0 Å². The number of hydrogen-bond acceptors (Lipinski definition) is 7. The number of halogens is 1. The van der Waals surface area contributed by atoms with E-state index in [2.05, 4.69) is 25.9 Å². The van der Waals surface area contributed by atoms with Crippen LogP contribution in [0.25, 0.3) is 0 Å². The van der Waals surface area contributed by atoms with E-state index >= 15 is 0 Å². The standard InChI is InChI=1S/C23H31ClN6O/c24-18-13-17(9-10-20(18)31)26-22-28-21(25-16-5-3-1-2-4-6-16)29-23(30-22)27-19-12-14-7-8-15(19)11-14/h9-10,13-16,19,31H,1-8,11-12H2,(H3,25,26,27,28,29,30). The molecule has 0 spiro atoms. The first-order valence-corrected chi connectivity index (χ1v) is 12.0. The summed E-state index contributed by atoms with van der Waals surface area (Å²) in [7, 11) is 0. The first-order valence-electron chi connectivity index (χ1n) is 11.7. The highest BCUT2D eigenvalue weighted by molar-refractivity contribution is 6.32. The summed E-state index contributed by atoms with van der Waals surface area (Å²) in [5, 5.41) is 20.4. The van der Waals surface area contributed by atoms with Crippen molar-refractivity contribution in [3.63, 3.8) is 0 Å². The Kier molecular flexibility index (Phi) is 6.03. The molecule has 3 atom stereocenters. The number of hydrogen-bond donors (Lipinski definition) is 4. The molecule has 8 heteroatoms. The summed E-state index contributed by atoms with van der Waals surface area (Å²) in [5.74, 6) is 3.34. The van der Waals surface area contributed by atoms with Crippen LogP contribution in [0.1, 0.15) is 64.2 Å². The minimum Gasteiger partial charge on any atom is -0.506 e. The molecule has 1 aromatic carbocycles. The quantitative estimate of drug-likeness (QED) is 0.336. The van der Waals surface area contributed by atoms with E-state index in [-0.39, 0.29) is 10.8 Å². The highest BCUT2D eigenvalue weighted by Gasteiger charge is 2.39. The zero-order valence-corrected chi connectivity index (χ0v) is 18.5. The fourth-order valence-corrected chi connectivity index (χ4v) is 5.65. The summed E-state index contributed by atoms with van der Waals surface area (Å²) in [4.78, 5) is 14.0. The lowest BCUT2D eigenvalue weighted by atomic mass is 9.95. The molecule has 4 N–H and O–H groups in total. The van der Waals surface area contributed by atoms with Gasteiger partial charge in [0.05, 0.1) is 5.02 Å². The van der Waals surface area contributed by atoms with E-state index in [1.54, 1.807) is 18.2 Å². The van der Waals surface area contributed by atoms with Crippen molar-refractivity contribution in [2.75, 3.05) is 16.0 Å². The number of phenols is 1. The van der Waals surface area contributed by atoms with Crippen LogP contribution in [0.3, 0.4) is 0 Å². The van der Waals surface area contributed by atoms with E-state index in [9.17, 15) is 5.11 Å². The number of phenolic OH excluding ortho intramolecular Hbond substituents is 1. The molecule has 2 bridgehead atoms. The molecule has 0 saturated heterocycles. The van der Waals surface area contributed by atoms with Gasteiger partial charge in [-0.3, -0.25) is 0 Å². The third-order valence-electron chi connectivity index (χ3n) is 7.08. The van der Waals surface area contributed by atoms with E-state index in [1.807, 2.05) is 0 Å². The number of nitrogens with zero attached hydrogens (tertiary/aromatic N) is 3. The molecular weight excluding hydrogens is 412 g/mol. The molecule has 0 radical (unpaired) electrons. The van der Waals surface area contributed by atoms with Crippen molar-refractivity contribution in [1.29, 1.82) is 0 Å². The Hall–Kier alpha value is -2.28. The SMILES string of the molecule is Oc1ccc(Nc2nc(NC3CCCCCC3)nc(NC3CC4CCC3C4)n2)cc1Cl. The molecular formula is C23H31ClN6O. The van der Waals surface area contributed by atoms with Gasteiger partial charge in [-0.05, 0) is 62.1 Å². The molecule has 3 aliphatic rings. The highest BCUT2D eigenvalue weighted by atomic mass is 35.5. The van der Waals surface area contributed by atoms with Crippen LogP contribution in [-0.2, 0) is 0 Å². The van der Waals surface area contributed by atoms with Crippen molar-refractivity contribution in [3.8, 4) is 5.75 Å². The molecule has 2 aromatic rings.